The summed E-state index contributed by atoms with van der Waals surface area (Å²) < 4.78 is 10.3. The summed E-state index contributed by atoms with van der Waals surface area (Å²) in [6.07, 6.45) is -0.486. The van der Waals surface area contributed by atoms with Gasteiger partial charge in [0.1, 0.15) is 18.2 Å². The fourth-order valence-corrected chi connectivity index (χ4v) is 1.70. The molecule has 0 heterocycles. The molecule has 0 aliphatic rings. The van der Waals surface area contributed by atoms with Crippen LogP contribution in [0.4, 0.5) is 4.79 Å². The lowest BCUT2D eigenvalue weighted by Gasteiger charge is -2.22. The summed E-state index contributed by atoms with van der Waals surface area (Å²) in [5, 5.41) is 5.61. The Kier molecular flexibility index (Phi) is 7.54. The number of hydrogen-bond acceptors (Lipinski definition) is 5. The average Bonchev–Trinajstić information content (AvgIpc) is 2.48. The molecule has 1 aromatic carbocycles. The zero-order valence-corrected chi connectivity index (χ0v) is 14.2. The van der Waals surface area contributed by atoms with Gasteiger partial charge in [-0.2, -0.15) is 0 Å². The minimum atomic E-state index is -0.507. The number of alkyl carbamates (subject to hydrolysis) is 1. The Bertz CT molecular complexity index is 497. The molecule has 23 heavy (non-hydrogen) atoms. The second-order valence-electron chi connectivity index (χ2n) is 6.20. The van der Waals surface area contributed by atoms with Crippen LogP contribution < -0.4 is 10.6 Å². The van der Waals surface area contributed by atoms with Gasteiger partial charge < -0.3 is 20.1 Å². The lowest BCUT2D eigenvalue weighted by molar-refractivity contribution is -0.156. The van der Waals surface area contributed by atoms with Gasteiger partial charge in [0.2, 0.25) is 0 Å². The number of carbonyl (C=O) groups is 2. The van der Waals surface area contributed by atoms with E-state index in [1.54, 1.807) is 6.92 Å². The Morgan fingerprint density at radius 2 is 1.78 bits per heavy atom. The van der Waals surface area contributed by atoms with Crippen molar-refractivity contribution in [3.05, 3.63) is 35.9 Å². The number of rotatable bonds is 7. The molecule has 1 rings (SSSR count). The Hall–Kier alpha value is -2.08. The summed E-state index contributed by atoms with van der Waals surface area (Å²) in [7, 11) is 0. The van der Waals surface area contributed by atoms with E-state index < -0.39 is 17.7 Å². The number of nitrogens with one attached hydrogen (secondary N) is 2. The maximum absolute atomic E-state index is 11.7. The number of esters is 1. The van der Waals surface area contributed by atoms with E-state index in [2.05, 4.69) is 10.6 Å². The van der Waals surface area contributed by atoms with Crippen LogP contribution in [0, 0.1) is 0 Å². The predicted octanol–water partition coefficient (Wildman–Crippen LogP) is 2.23. The topological polar surface area (TPSA) is 76.7 Å². The van der Waals surface area contributed by atoms with Gasteiger partial charge in [-0.3, -0.25) is 4.79 Å². The van der Waals surface area contributed by atoms with Crippen molar-refractivity contribution in [3.8, 4) is 0 Å². The lowest BCUT2D eigenvalue weighted by atomic mass is 10.2. The first-order valence-electron chi connectivity index (χ1n) is 7.69. The van der Waals surface area contributed by atoms with Crippen molar-refractivity contribution >= 4 is 12.1 Å². The molecule has 128 valence electrons. The summed E-state index contributed by atoms with van der Waals surface area (Å²) in [5.41, 5.74) is 0.423. The van der Waals surface area contributed by atoms with Crippen molar-refractivity contribution in [1.82, 2.24) is 10.6 Å². The molecule has 2 N–H and O–H groups in total. The van der Waals surface area contributed by atoms with Gasteiger partial charge >= 0.3 is 12.1 Å². The van der Waals surface area contributed by atoms with Gasteiger partial charge in [-0.15, -0.1) is 0 Å². The SMILES string of the molecule is C[C@H](NCCNC(=O)OCc1ccccc1)C(=O)OC(C)(C)C. The van der Waals surface area contributed by atoms with Crippen LogP contribution in [-0.4, -0.2) is 36.8 Å². The third-order valence-corrected chi connectivity index (χ3v) is 2.82. The first-order valence-corrected chi connectivity index (χ1v) is 7.69. The molecule has 1 amide bonds. The molecular weight excluding hydrogens is 296 g/mol. The molecule has 0 aromatic heterocycles. The van der Waals surface area contributed by atoms with E-state index in [1.807, 2.05) is 51.1 Å². The lowest BCUT2D eigenvalue weighted by Crippen LogP contribution is -2.42. The van der Waals surface area contributed by atoms with E-state index >= 15 is 0 Å². The normalized spacial score (nSPS) is 12.3. The molecule has 0 fully saturated rings. The van der Waals surface area contributed by atoms with Gasteiger partial charge in [-0.25, -0.2) is 4.79 Å². The highest BCUT2D eigenvalue weighted by Crippen LogP contribution is 2.08. The first kappa shape index (κ1) is 19.0. The van der Waals surface area contributed by atoms with E-state index in [-0.39, 0.29) is 12.6 Å². The Morgan fingerprint density at radius 1 is 1.13 bits per heavy atom. The van der Waals surface area contributed by atoms with Crippen LogP contribution in [0.15, 0.2) is 30.3 Å². The van der Waals surface area contributed by atoms with E-state index in [0.29, 0.717) is 13.1 Å². The molecule has 0 saturated carbocycles. The van der Waals surface area contributed by atoms with Gasteiger partial charge in [0, 0.05) is 13.1 Å². The van der Waals surface area contributed by atoms with Gasteiger partial charge in [0.15, 0.2) is 0 Å². The monoisotopic (exact) mass is 322 g/mol. The Morgan fingerprint density at radius 3 is 2.39 bits per heavy atom. The maximum atomic E-state index is 11.7. The van der Waals surface area contributed by atoms with Crippen LogP contribution in [0.5, 0.6) is 0 Å². The molecule has 0 aliphatic heterocycles. The molecule has 1 atom stereocenters. The smallest absolute Gasteiger partial charge is 0.407 e. The van der Waals surface area contributed by atoms with Crippen molar-refractivity contribution in [3.63, 3.8) is 0 Å². The molecule has 0 aliphatic carbocycles. The summed E-state index contributed by atoms with van der Waals surface area (Å²) in [4.78, 5) is 23.3. The summed E-state index contributed by atoms with van der Waals surface area (Å²) in [5.74, 6) is -0.316. The minimum absolute atomic E-state index is 0.231. The van der Waals surface area contributed by atoms with Crippen LogP contribution in [0.1, 0.15) is 33.3 Å². The van der Waals surface area contributed by atoms with Crippen LogP contribution in [0.3, 0.4) is 0 Å². The molecule has 0 spiro atoms. The van der Waals surface area contributed by atoms with Crippen molar-refractivity contribution in [2.75, 3.05) is 13.1 Å². The summed E-state index contributed by atoms with van der Waals surface area (Å²) >= 11 is 0. The Balaban J connectivity index is 2.14. The third-order valence-electron chi connectivity index (χ3n) is 2.82. The highest BCUT2D eigenvalue weighted by Gasteiger charge is 2.20. The molecule has 0 radical (unpaired) electrons. The van der Waals surface area contributed by atoms with E-state index in [1.165, 1.54) is 0 Å². The Labute approximate surface area is 137 Å². The standard InChI is InChI=1S/C17H26N2O4/c1-13(15(20)23-17(2,3)4)18-10-11-19-16(21)22-12-14-8-6-5-7-9-14/h5-9,13,18H,10-12H2,1-4H3,(H,19,21)/t13-/m0/s1. The molecule has 0 saturated heterocycles. The maximum Gasteiger partial charge on any atom is 0.407 e. The van der Waals surface area contributed by atoms with Crippen LogP contribution in [-0.2, 0) is 20.9 Å². The van der Waals surface area contributed by atoms with Crippen LogP contribution in [0.25, 0.3) is 0 Å². The number of hydrogen-bond donors (Lipinski definition) is 2. The number of benzene rings is 1. The van der Waals surface area contributed by atoms with Gasteiger partial charge in [0.05, 0.1) is 0 Å². The molecular formula is C17H26N2O4. The fourth-order valence-electron chi connectivity index (χ4n) is 1.70. The van der Waals surface area contributed by atoms with Crippen LogP contribution in [0.2, 0.25) is 0 Å². The van der Waals surface area contributed by atoms with Crippen LogP contribution >= 0.6 is 0 Å². The number of ether oxygens (including phenoxy) is 2. The molecule has 6 nitrogen and oxygen atoms in total. The summed E-state index contributed by atoms with van der Waals surface area (Å²) in [6.45, 7) is 8.23. The first-order chi connectivity index (χ1) is 10.8. The fraction of sp³-hybridized carbons (Fsp3) is 0.529. The minimum Gasteiger partial charge on any atom is -0.459 e. The molecule has 0 bridgehead atoms. The number of amides is 1. The highest BCUT2D eigenvalue weighted by molar-refractivity contribution is 5.75. The molecule has 0 unspecified atom stereocenters. The second-order valence-corrected chi connectivity index (χ2v) is 6.20. The zero-order chi connectivity index (χ0) is 17.3. The molecule has 1 aromatic rings. The summed E-state index contributed by atoms with van der Waals surface area (Å²) in [6, 6.07) is 9.02. The zero-order valence-electron chi connectivity index (χ0n) is 14.2. The van der Waals surface area contributed by atoms with E-state index in [4.69, 9.17) is 9.47 Å². The largest absolute Gasteiger partial charge is 0.459 e. The highest BCUT2D eigenvalue weighted by atomic mass is 16.6. The van der Waals surface area contributed by atoms with Gasteiger partial charge in [-0.1, -0.05) is 30.3 Å². The predicted molar refractivity (Wildman–Crippen MR) is 87.9 cm³/mol. The molecule has 6 heteroatoms. The second kappa shape index (κ2) is 9.15. The van der Waals surface area contributed by atoms with E-state index in [9.17, 15) is 9.59 Å². The van der Waals surface area contributed by atoms with Crippen molar-refractivity contribution in [1.29, 1.82) is 0 Å². The average molecular weight is 322 g/mol. The van der Waals surface area contributed by atoms with Crippen molar-refractivity contribution in [2.45, 2.75) is 45.9 Å². The van der Waals surface area contributed by atoms with Gasteiger partial charge in [-0.05, 0) is 33.3 Å². The quantitative estimate of drug-likeness (QED) is 0.595. The van der Waals surface area contributed by atoms with Crippen molar-refractivity contribution in [2.24, 2.45) is 0 Å². The number of carbonyl (C=O) groups excluding carboxylic acids is 2. The van der Waals surface area contributed by atoms with E-state index in [0.717, 1.165) is 5.56 Å². The van der Waals surface area contributed by atoms with Gasteiger partial charge in [0.25, 0.3) is 0 Å². The third kappa shape index (κ3) is 8.83. The van der Waals surface area contributed by atoms with Crippen molar-refractivity contribution < 1.29 is 19.1 Å².